The Morgan fingerprint density at radius 3 is 2.65 bits per heavy atom. The van der Waals surface area contributed by atoms with E-state index in [0.29, 0.717) is 18.4 Å². The minimum absolute atomic E-state index is 0.266. The number of nitrogens with one attached hydrogen (secondary N) is 1. The van der Waals surface area contributed by atoms with Crippen molar-refractivity contribution >= 4 is 11.3 Å². The number of rotatable bonds is 7. The van der Waals surface area contributed by atoms with Crippen LogP contribution in [-0.2, 0) is 13.0 Å². The average molecular weight is 256 g/mol. The molecule has 0 radical (unpaired) electrons. The highest BCUT2D eigenvalue weighted by atomic mass is 32.1. The maximum absolute atomic E-state index is 9.65. The largest absolute Gasteiger partial charge is 0.392 e. The minimum Gasteiger partial charge on any atom is -0.392 e. The topological polar surface area (TPSA) is 45.2 Å². The van der Waals surface area contributed by atoms with Gasteiger partial charge in [0, 0.05) is 30.6 Å². The van der Waals surface area contributed by atoms with Gasteiger partial charge in [0.15, 0.2) is 0 Å². The van der Waals surface area contributed by atoms with Crippen LogP contribution in [0.4, 0.5) is 0 Å². The molecule has 0 bridgehead atoms. The van der Waals surface area contributed by atoms with Crippen LogP contribution in [0.25, 0.3) is 0 Å². The molecule has 98 valence electrons. The number of aliphatic hydroxyl groups is 1. The summed E-state index contributed by atoms with van der Waals surface area (Å²) in [5.41, 5.74) is 0. The van der Waals surface area contributed by atoms with Gasteiger partial charge in [-0.1, -0.05) is 27.7 Å². The number of hydrogen-bond acceptors (Lipinski definition) is 4. The molecule has 4 heteroatoms. The third kappa shape index (κ3) is 5.61. The smallest absolute Gasteiger partial charge is 0.0930 e. The summed E-state index contributed by atoms with van der Waals surface area (Å²) in [6.07, 6.45) is 2.73. The van der Waals surface area contributed by atoms with E-state index in [9.17, 15) is 5.11 Å². The second-order valence-corrected chi connectivity index (χ2v) is 6.46. The van der Waals surface area contributed by atoms with Crippen LogP contribution >= 0.6 is 11.3 Å². The van der Waals surface area contributed by atoms with Crippen molar-refractivity contribution in [2.24, 2.45) is 11.8 Å². The van der Waals surface area contributed by atoms with Crippen molar-refractivity contribution in [1.29, 1.82) is 0 Å². The van der Waals surface area contributed by atoms with Gasteiger partial charge >= 0.3 is 0 Å². The predicted molar refractivity (Wildman–Crippen MR) is 73.2 cm³/mol. The molecule has 1 heterocycles. The lowest BCUT2D eigenvalue weighted by atomic mass is 10.1. The van der Waals surface area contributed by atoms with Crippen LogP contribution in [0.3, 0.4) is 0 Å². The number of thiazole rings is 1. The van der Waals surface area contributed by atoms with Crippen LogP contribution < -0.4 is 5.32 Å². The summed E-state index contributed by atoms with van der Waals surface area (Å²) in [4.78, 5) is 5.65. The standard InChI is InChI=1S/C13H24N2OS/c1-9(2)5-13-15-7-11(17-13)6-14-8-12(16)10(3)4/h7,9-10,12,14,16H,5-6,8H2,1-4H3. The van der Waals surface area contributed by atoms with Crippen LogP contribution in [0, 0.1) is 11.8 Å². The molecular formula is C13H24N2OS. The molecule has 0 saturated carbocycles. The molecule has 0 aliphatic heterocycles. The molecule has 0 aliphatic rings. The molecule has 2 N–H and O–H groups in total. The van der Waals surface area contributed by atoms with Crippen LogP contribution in [0.2, 0.25) is 0 Å². The van der Waals surface area contributed by atoms with Gasteiger partial charge in [0.05, 0.1) is 11.1 Å². The quantitative estimate of drug-likeness (QED) is 0.787. The van der Waals surface area contributed by atoms with E-state index >= 15 is 0 Å². The Hall–Kier alpha value is -0.450. The van der Waals surface area contributed by atoms with E-state index in [0.717, 1.165) is 13.0 Å². The molecule has 1 atom stereocenters. The first-order valence-electron chi connectivity index (χ1n) is 6.31. The van der Waals surface area contributed by atoms with Gasteiger partial charge in [0.1, 0.15) is 0 Å². The zero-order valence-electron chi connectivity index (χ0n) is 11.2. The van der Waals surface area contributed by atoms with Crippen LogP contribution in [0.15, 0.2) is 6.20 Å². The zero-order chi connectivity index (χ0) is 12.8. The first kappa shape index (κ1) is 14.6. The molecule has 1 rings (SSSR count). The predicted octanol–water partition coefficient (Wildman–Crippen LogP) is 2.45. The second kappa shape index (κ2) is 7.09. The Kier molecular flexibility index (Phi) is 6.09. The van der Waals surface area contributed by atoms with Gasteiger partial charge in [-0.25, -0.2) is 4.98 Å². The van der Waals surface area contributed by atoms with Gasteiger partial charge in [-0.3, -0.25) is 0 Å². The van der Waals surface area contributed by atoms with Crippen molar-refractivity contribution in [2.45, 2.75) is 46.8 Å². The van der Waals surface area contributed by atoms with Crippen molar-refractivity contribution in [3.63, 3.8) is 0 Å². The van der Waals surface area contributed by atoms with Gasteiger partial charge in [-0.05, 0) is 11.8 Å². The van der Waals surface area contributed by atoms with Gasteiger partial charge < -0.3 is 10.4 Å². The Morgan fingerprint density at radius 2 is 2.06 bits per heavy atom. The lowest BCUT2D eigenvalue weighted by Gasteiger charge is -2.14. The fourth-order valence-corrected chi connectivity index (χ4v) is 2.56. The molecule has 1 aromatic heterocycles. The molecule has 0 amide bonds. The fourth-order valence-electron chi connectivity index (χ4n) is 1.45. The van der Waals surface area contributed by atoms with Crippen LogP contribution in [-0.4, -0.2) is 22.7 Å². The maximum Gasteiger partial charge on any atom is 0.0930 e. The van der Waals surface area contributed by atoms with E-state index in [1.807, 2.05) is 20.0 Å². The zero-order valence-corrected chi connectivity index (χ0v) is 12.0. The van der Waals surface area contributed by atoms with Crippen molar-refractivity contribution in [3.05, 3.63) is 16.1 Å². The molecule has 0 fully saturated rings. The number of hydrogen-bond donors (Lipinski definition) is 2. The third-order valence-electron chi connectivity index (χ3n) is 2.61. The second-order valence-electron chi connectivity index (χ2n) is 5.26. The highest BCUT2D eigenvalue weighted by Gasteiger charge is 2.09. The average Bonchev–Trinajstić information content (AvgIpc) is 2.64. The molecule has 1 aromatic rings. The Bertz CT molecular complexity index is 323. The van der Waals surface area contributed by atoms with E-state index in [1.165, 1.54) is 9.88 Å². The van der Waals surface area contributed by atoms with Gasteiger partial charge in [-0.2, -0.15) is 0 Å². The molecule has 0 spiro atoms. The summed E-state index contributed by atoms with van der Waals surface area (Å²) < 4.78 is 0. The summed E-state index contributed by atoms with van der Waals surface area (Å²) in [7, 11) is 0. The van der Waals surface area contributed by atoms with E-state index in [-0.39, 0.29) is 6.10 Å². The van der Waals surface area contributed by atoms with Gasteiger partial charge in [0.2, 0.25) is 0 Å². The SMILES string of the molecule is CC(C)Cc1ncc(CNCC(O)C(C)C)s1. The molecule has 0 aliphatic carbocycles. The Labute approximate surface area is 108 Å². The molecule has 3 nitrogen and oxygen atoms in total. The van der Waals surface area contributed by atoms with Crippen molar-refractivity contribution in [2.75, 3.05) is 6.54 Å². The number of aliphatic hydroxyl groups excluding tert-OH is 1. The van der Waals surface area contributed by atoms with E-state index < -0.39 is 0 Å². The monoisotopic (exact) mass is 256 g/mol. The maximum atomic E-state index is 9.65. The van der Waals surface area contributed by atoms with Crippen molar-refractivity contribution in [1.82, 2.24) is 10.3 Å². The summed E-state index contributed by atoms with van der Waals surface area (Å²) in [5.74, 6) is 0.963. The van der Waals surface area contributed by atoms with E-state index in [2.05, 4.69) is 24.1 Å². The normalized spacial score (nSPS) is 13.6. The highest BCUT2D eigenvalue weighted by Crippen LogP contribution is 2.16. The third-order valence-corrected chi connectivity index (χ3v) is 3.63. The highest BCUT2D eigenvalue weighted by molar-refractivity contribution is 7.11. The lowest BCUT2D eigenvalue weighted by molar-refractivity contribution is 0.123. The van der Waals surface area contributed by atoms with E-state index in [1.54, 1.807) is 11.3 Å². The number of nitrogens with zero attached hydrogens (tertiary/aromatic N) is 1. The van der Waals surface area contributed by atoms with Crippen LogP contribution in [0.5, 0.6) is 0 Å². The summed E-state index contributed by atoms with van der Waals surface area (Å²) in [6.45, 7) is 9.92. The number of aromatic nitrogens is 1. The Balaban J connectivity index is 2.30. The molecule has 0 aromatic carbocycles. The first-order chi connectivity index (χ1) is 7.99. The van der Waals surface area contributed by atoms with E-state index in [4.69, 9.17) is 0 Å². The summed E-state index contributed by atoms with van der Waals surface area (Å²) in [5, 5.41) is 14.1. The fraction of sp³-hybridized carbons (Fsp3) is 0.769. The van der Waals surface area contributed by atoms with Crippen LogP contribution in [0.1, 0.15) is 37.6 Å². The molecular weight excluding hydrogens is 232 g/mol. The van der Waals surface area contributed by atoms with Gasteiger partial charge in [-0.15, -0.1) is 11.3 Å². The van der Waals surface area contributed by atoms with Gasteiger partial charge in [0.25, 0.3) is 0 Å². The molecule has 17 heavy (non-hydrogen) atoms. The van der Waals surface area contributed by atoms with Crippen molar-refractivity contribution in [3.8, 4) is 0 Å². The lowest BCUT2D eigenvalue weighted by Crippen LogP contribution is -2.29. The molecule has 0 saturated heterocycles. The minimum atomic E-state index is -0.266. The first-order valence-corrected chi connectivity index (χ1v) is 7.13. The Morgan fingerprint density at radius 1 is 1.35 bits per heavy atom. The summed E-state index contributed by atoms with van der Waals surface area (Å²) in [6, 6.07) is 0. The molecule has 1 unspecified atom stereocenters. The van der Waals surface area contributed by atoms with Crippen molar-refractivity contribution < 1.29 is 5.11 Å². The summed E-state index contributed by atoms with van der Waals surface area (Å²) >= 11 is 1.77.